The Morgan fingerprint density at radius 1 is 1.71 bits per heavy atom. The van der Waals surface area contributed by atoms with Crippen LogP contribution in [-0.4, -0.2) is 9.78 Å². The maximum Gasteiger partial charge on any atom is 0.0793 e. The smallest absolute Gasteiger partial charge is 0.0793 e. The Morgan fingerprint density at radius 3 is 3.29 bits per heavy atom. The van der Waals surface area contributed by atoms with Crippen LogP contribution in [0.25, 0.3) is 20.7 Å². The molecule has 2 aromatic heterocycles. The third-order valence-corrected chi connectivity index (χ3v) is 3.02. The molecule has 0 aliphatic heterocycles. The first-order chi connectivity index (χ1) is 6.85. The third-order valence-electron chi connectivity index (χ3n) is 1.97. The number of thiophene rings is 1. The van der Waals surface area contributed by atoms with Crippen LogP contribution in [-0.2, 0) is 13.1 Å². The molecule has 0 unspecified atom stereocenters. The van der Waals surface area contributed by atoms with E-state index in [1.54, 1.807) is 11.3 Å². The fourth-order valence-electron chi connectivity index (χ4n) is 1.36. The molecule has 0 aliphatic carbocycles. The van der Waals surface area contributed by atoms with Crippen LogP contribution in [0, 0.1) is 0 Å². The van der Waals surface area contributed by atoms with Crippen LogP contribution in [0.2, 0.25) is 0 Å². The summed E-state index contributed by atoms with van der Waals surface area (Å²) in [5.74, 6) is 0. The number of azide groups is 1. The number of fused-ring (bicyclic) bond motifs is 1. The van der Waals surface area contributed by atoms with E-state index in [0.717, 1.165) is 21.6 Å². The molecular formula is C8H9N5S. The molecule has 0 aliphatic rings. The lowest BCUT2D eigenvalue weighted by Crippen LogP contribution is -1.94. The van der Waals surface area contributed by atoms with Gasteiger partial charge < -0.3 is 0 Å². The number of rotatable bonds is 3. The van der Waals surface area contributed by atoms with Gasteiger partial charge >= 0.3 is 0 Å². The second-order valence-electron chi connectivity index (χ2n) is 2.81. The number of aromatic nitrogens is 2. The summed E-state index contributed by atoms with van der Waals surface area (Å²) in [6.45, 7) is 3.35. The first-order valence-electron chi connectivity index (χ1n) is 4.30. The van der Waals surface area contributed by atoms with Crippen LogP contribution in [0.15, 0.2) is 17.4 Å². The standard InChI is InChI=1S/C8H9N5S/c1-2-13-7-3-6(4-10-12-9)14-8(7)5-11-13/h3,5H,2,4H2,1H3. The summed E-state index contributed by atoms with van der Waals surface area (Å²) in [4.78, 5) is 3.82. The second-order valence-corrected chi connectivity index (χ2v) is 3.98. The summed E-state index contributed by atoms with van der Waals surface area (Å²) in [5, 5.41) is 7.75. The Labute approximate surface area is 84.6 Å². The molecule has 0 amide bonds. The molecule has 72 valence electrons. The van der Waals surface area contributed by atoms with E-state index in [1.165, 1.54) is 0 Å². The highest BCUT2D eigenvalue weighted by atomic mass is 32.1. The molecule has 0 bridgehead atoms. The minimum atomic E-state index is 0.430. The topological polar surface area (TPSA) is 66.6 Å². The normalized spacial score (nSPS) is 10.4. The summed E-state index contributed by atoms with van der Waals surface area (Å²) in [7, 11) is 0. The van der Waals surface area contributed by atoms with Gasteiger partial charge in [-0.3, -0.25) is 4.68 Å². The molecule has 2 rings (SSSR count). The zero-order chi connectivity index (χ0) is 9.97. The molecule has 0 radical (unpaired) electrons. The molecule has 2 aromatic rings. The lowest BCUT2D eigenvalue weighted by atomic mass is 10.4. The average Bonchev–Trinajstić information content (AvgIpc) is 2.73. The lowest BCUT2D eigenvalue weighted by Gasteiger charge is -1.93. The Bertz CT molecular complexity index is 491. The molecule has 0 atom stereocenters. The zero-order valence-corrected chi connectivity index (χ0v) is 8.53. The van der Waals surface area contributed by atoms with Crippen molar-refractivity contribution < 1.29 is 0 Å². The highest BCUT2D eigenvalue weighted by Gasteiger charge is 2.05. The minimum absolute atomic E-state index is 0.430. The maximum absolute atomic E-state index is 8.20. The summed E-state index contributed by atoms with van der Waals surface area (Å²) in [6, 6.07) is 2.03. The van der Waals surface area contributed by atoms with Gasteiger partial charge in [0.05, 0.1) is 23.0 Å². The van der Waals surface area contributed by atoms with E-state index in [9.17, 15) is 0 Å². The van der Waals surface area contributed by atoms with E-state index >= 15 is 0 Å². The number of hydrogen-bond acceptors (Lipinski definition) is 3. The molecule has 0 saturated heterocycles. The Balaban J connectivity index is 2.41. The van der Waals surface area contributed by atoms with E-state index < -0.39 is 0 Å². The fraction of sp³-hybridized carbons (Fsp3) is 0.375. The first-order valence-corrected chi connectivity index (χ1v) is 5.12. The van der Waals surface area contributed by atoms with Crippen LogP contribution < -0.4 is 0 Å². The van der Waals surface area contributed by atoms with E-state index in [-0.39, 0.29) is 0 Å². The molecule has 2 heterocycles. The molecule has 0 spiro atoms. The molecule has 0 saturated carbocycles. The molecule has 14 heavy (non-hydrogen) atoms. The van der Waals surface area contributed by atoms with Crippen molar-refractivity contribution in [3.05, 3.63) is 27.6 Å². The monoisotopic (exact) mass is 207 g/mol. The van der Waals surface area contributed by atoms with Crippen LogP contribution in [0.3, 0.4) is 0 Å². The molecule has 6 heteroatoms. The predicted octanol–water partition coefficient (Wildman–Crippen LogP) is 2.93. The number of hydrogen-bond donors (Lipinski definition) is 0. The average molecular weight is 207 g/mol. The van der Waals surface area contributed by atoms with Crippen LogP contribution in [0.1, 0.15) is 11.8 Å². The summed E-state index contributed by atoms with van der Waals surface area (Å²) >= 11 is 1.63. The molecule has 0 N–H and O–H groups in total. The fourth-order valence-corrected chi connectivity index (χ4v) is 2.30. The summed E-state index contributed by atoms with van der Waals surface area (Å²) in [6.07, 6.45) is 1.85. The highest BCUT2D eigenvalue weighted by molar-refractivity contribution is 7.19. The third kappa shape index (κ3) is 1.45. The quantitative estimate of drug-likeness (QED) is 0.433. The lowest BCUT2D eigenvalue weighted by molar-refractivity contribution is 0.684. The van der Waals surface area contributed by atoms with Crippen molar-refractivity contribution in [3.8, 4) is 0 Å². The van der Waals surface area contributed by atoms with Crippen molar-refractivity contribution >= 4 is 21.6 Å². The molecule has 5 nitrogen and oxygen atoms in total. The van der Waals surface area contributed by atoms with Crippen molar-refractivity contribution in [1.82, 2.24) is 9.78 Å². The van der Waals surface area contributed by atoms with Crippen molar-refractivity contribution in [1.29, 1.82) is 0 Å². The van der Waals surface area contributed by atoms with Crippen LogP contribution in [0.5, 0.6) is 0 Å². The van der Waals surface area contributed by atoms with Crippen LogP contribution in [0.4, 0.5) is 0 Å². The minimum Gasteiger partial charge on any atom is -0.264 e. The van der Waals surface area contributed by atoms with Gasteiger partial charge in [0.1, 0.15) is 0 Å². The largest absolute Gasteiger partial charge is 0.264 e. The van der Waals surface area contributed by atoms with Crippen molar-refractivity contribution in [2.45, 2.75) is 20.0 Å². The van der Waals surface area contributed by atoms with Gasteiger partial charge in [-0.25, -0.2) is 0 Å². The van der Waals surface area contributed by atoms with Gasteiger partial charge in [-0.05, 0) is 18.5 Å². The highest BCUT2D eigenvalue weighted by Crippen LogP contribution is 2.25. The van der Waals surface area contributed by atoms with E-state index in [4.69, 9.17) is 5.53 Å². The SMILES string of the molecule is CCn1ncc2sc(CN=[N+]=[N-])cc21. The van der Waals surface area contributed by atoms with Crippen molar-refractivity contribution in [3.63, 3.8) is 0 Å². The second kappa shape index (κ2) is 3.69. The van der Waals surface area contributed by atoms with E-state index in [2.05, 4.69) is 22.0 Å². The van der Waals surface area contributed by atoms with Gasteiger partial charge in [0.15, 0.2) is 0 Å². The van der Waals surface area contributed by atoms with Crippen LogP contribution >= 0.6 is 11.3 Å². The van der Waals surface area contributed by atoms with Gasteiger partial charge in [0, 0.05) is 16.3 Å². The number of nitrogens with zero attached hydrogens (tertiary/aromatic N) is 5. The predicted molar refractivity (Wildman–Crippen MR) is 56.1 cm³/mol. The molecule has 0 fully saturated rings. The Kier molecular flexibility index (Phi) is 2.39. The van der Waals surface area contributed by atoms with Gasteiger partial charge in [-0.15, -0.1) is 11.3 Å². The van der Waals surface area contributed by atoms with Gasteiger partial charge in [0.2, 0.25) is 0 Å². The zero-order valence-electron chi connectivity index (χ0n) is 7.71. The Morgan fingerprint density at radius 2 is 2.57 bits per heavy atom. The van der Waals surface area contributed by atoms with Gasteiger partial charge in [-0.2, -0.15) is 5.10 Å². The molecule has 0 aromatic carbocycles. The summed E-state index contributed by atoms with van der Waals surface area (Å²) < 4.78 is 3.08. The Hall–Kier alpha value is -1.52. The summed E-state index contributed by atoms with van der Waals surface area (Å²) in [5.41, 5.74) is 9.32. The van der Waals surface area contributed by atoms with E-state index in [1.807, 2.05) is 16.9 Å². The van der Waals surface area contributed by atoms with Crippen molar-refractivity contribution in [2.75, 3.05) is 0 Å². The number of aryl methyl sites for hydroxylation is 1. The molecular weight excluding hydrogens is 198 g/mol. The maximum atomic E-state index is 8.20. The first kappa shape index (κ1) is 9.05. The van der Waals surface area contributed by atoms with Gasteiger partial charge in [-0.1, -0.05) is 5.11 Å². The van der Waals surface area contributed by atoms with Crippen molar-refractivity contribution in [2.24, 2.45) is 5.11 Å². The van der Waals surface area contributed by atoms with Gasteiger partial charge in [0.25, 0.3) is 0 Å². The van der Waals surface area contributed by atoms with E-state index in [0.29, 0.717) is 6.54 Å².